The highest BCUT2D eigenvalue weighted by Crippen LogP contribution is 2.07. The van der Waals surface area contributed by atoms with Crippen molar-refractivity contribution in [2.75, 3.05) is 14.1 Å². The molecule has 0 aliphatic rings. The number of allylic oxidation sites excluding steroid dienone is 1. The lowest BCUT2D eigenvalue weighted by molar-refractivity contribution is 0.104. The van der Waals surface area contributed by atoms with E-state index in [2.05, 4.69) is 4.98 Å². The monoisotopic (exact) mass is 204 g/mol. The van der Waals surface area contributed by atoms with E-state index in [-0.39, 0.29) is 5.78 Å². The number of carbonyl (C=O) groups excluding carboxylic acids is 1. The number of carbonyl (C=O) groups is 1. The van der Waals surface area contributed by atoms with Gasteiger partial charge in [0, 0.05) is 32.6 Å². The van der Waals surface area contributed by atoms with Crippen LogP contribution < -0.4 is 0 Å². The summed E-state index contributed by atoms with van der Waals surface area (Å²) in [6.45, 7) is 2.02. The van der Waals surface area contributed by atoms with Gasteiger partial charge in [-0.2, -0.15) is 0 Å². The zero-order valence-corrected chi connectivity index (χ0v) is 9.40. The van der Waals surface area contributed by atoms with Gasteiger partial charge in [-0.3, -0.25) is 9.78 Å². The van der Waals surface area contributed by atoms with Gasteiger partial charge in [0.2, 0.25) is 5.78 Å². The van der Waals surface area contributed by atoms with Crippen molar-refractivity contribution in [2.45, 2.75) is 13.3 Å². The maximum atomic E-state index is 11.8. The first kappa shape index (κ1) is 11.4. The molecule has 0 amide bonds. The summed E-state index contributed by atoms with van der Waals surface area (Å²) < 4.78 is 0. The van der Waals surface area contributed by atoms with E-state index in [1.165, 1.54) is 0 Å². The molecule has 15 heavy (non-hydrogen) atoms. The van der Waals surface area contributed by atoms with Crippen molar-refractivity contribution in [3.63, 3.8) is 0 Å². The van der Waals surface area contributed by atoms with Gasteiger partial charge in [0.05, 0.1) is 0 Å². The van der Waals surface area contributed by atoms with Crippen molar-refractivity contribution in [2.24, 2.45) is 0 Å². The third-order valence-corrected chi connectivity index (χ3v) is 2.03. The van der Waals surface area contributed by atoms with Crippen LogP contribution in [0, 0.1) is 0 Å². The van der Waals surface area contributed by atoms with Crippen molar-refractivity contribution in [1.29, 1.82) is 0 Å². The lowest BCUT2D eigenvalue weighted by Gasteiger charge is -2.04. The van der Waals surface area contributed by atoms with Crippen molar-refractivity contribution in [3.05, 3.63) is 41.9 Å². The first-order valence-electron chi connectivity index (χ1n) is 4.98. The molecule has 0 saturated carbocycles. The van der Waals surface area contributed by atoms with Gasteiger partial charge in [-0.25, -0.2) is 0 Å². The van der Waals surface area contributed by atoms with E-state index in [1.54, 1.807) is 18.5 Å². The van der Waals surface area contributed by atoms with Gasteiger partial charge in [-0.05, 0) is 18.1 Å². The number of aromatic nitrogens is 1. The quantitative estimate of drug-likeness (QED) is 0.555. The molecule has 0 aliphatic carbocycles. The number of nitrogens with zero attached hydrogens (tertiary/aromatic N) is 2. The minimum atomic E-state index is -0.0406. The molecule has 80 valence electrons. The Balaban J connectivity index is 2.91. The lowest BCUT2D eigenvalue weighted by Crippen LogP contribution is -2.06. The van der Waals surface area contributed by atoms with Crippen LogP contribution in [0.25, 0.3) is 0 Å². The number of ketones is 1. The SMILES string of the molecule is CCc1cccnc1C(=O)/C=C/N(C)C. The summed E-state index contributed by atoms with van der Waals surface area (Å²) in [6.07, 6.45) is 5.75. The maximum absolute atomic E-state index is 11.8. The Bertz CT molecular complexity index is 370. The first-order chi connectivity index (χ1) is 7.15. The van der Waals surface area contributed by atoms with Crippen molar-refractivity contribution in [3.8, 4) is 0 Å². The lowest BCUT2D eigenvalue weighted by atomic mass is 10.1. The second-order valence-electron chi connectivity index (χ2n) is 3.51. The predicted octanol–water partition coefficient (Wildman–Crippen LogP) is 1.90. The molecule has 0 N–H and O–H groups in total. The minimum Gasteiger partial charge on any atom is -0.383 e. The second-order valence-corrected chi connectivity index (χ2v) is 3.51. The van der Waals surface area contributed by atoms with E-state index in [4.69, 9.17) is 0 Å². The van der Waals surface area contributed by atoms with Gasteiger partial charge in [0.15, 0.2) is 0 Å². The van der Waals surface area contributed by atoms with Crippen LogP contribution in [0.2, 0.25) is 0 Å². The van der Waals surface area contributed by atoms with E-state index in [9.17, 15) is 4.79 Å². The molecule has 1 aromatic rings. The average molecular weight is 204 g/mol. The van der Waals surface area contributed by atoms with Gasteiger partial charge >= 0.3 is 0 Å². The Morgan fingerprint density at radius 1 is 1.53 bits per heavy atom. The van der Waals surface area contributed by atoms with Gasteiger partial charge in [-0.1, -0.05) is 13.0 Å². The fourth-order valence-corrected chi connectivity index (χ4v) is 1.24. The number of rotatable bonds is 4. The molecule has 0 radical (unpaired) electrons. The molecule has 0 unspecified atom stereocenters. The smallest absolute Gasteiger partial charge is 0.205 e. The second kappa shape index (κ2) is 5.29. The highest BCUT2D eigenvalue weighted by atomic mass is 16.1. The fourth-order valence-electron chi connectivity index (χ4n) is 1.24. The van der Waals surface area contributed by atoms with Crippen LogP contribution in [0.1, 0.15) is 23.0 Å². The molecular weight excluding hydrogens is 188 g/mol. The predicted molar refractivity (Wildman–Crippen MR) is 60.8 cm³/mol. The molecule has 0 fully saturated rings. The number of pyridine rings is 1. The van der Waals surface area contributed by atoms with E-state index >= 15 is 0 Å². The number of hydrogen-bond donors (Lipinski definition) is 0. The molecule has 0 atom stereocenters. The van der Waals surface area contributed by atoms with Crippen molar-refractivity contribution in [1.82, 2.24) is 9.88 Å². The standard InChI is InChI=1S/C12H16N2O/c1-4-10-6-5-8-13-12(10)11(15)7-9-14(2)3/h5-9H,4H2,1-3H3/b9-7+. The molecule has 0 saturated heterocycles. The molecule has 0 bridgehead atoms. The largest absolute Gasteiger partial charge is 0.383 e. The molecule has 1 heterocycles. The Hall–Kier alpha value is -1.64. The highest BCUT2D eigenvalue weighted by Gasteiger charge is 2.07. The normalized spacial score (nSPS) is 10.6. The summed E-state index contributed by atoms with van der Waals surface area (Å²) in [6, 6.07) is 3.79. The van der Waals surface area contributed by atoms with Crippen LogP contribution in [-0.2, 0) is 6.42 Å². The van der Waals surface area contributed by atoms with Gasteiger partial charge < -0.3 is 4.90 Å². The van der Waals surface area contributed by atoms with Gasteiger partial charge in [-0.15, -0.1) is 0 Å². The molecule has 0 aliphatic heterocycles. The topological polar surface area (TPSA) is 33.2 Å². The molecule has 1 aromatic heterocycles. The van der Waals surface area contributed by atoms with E-state index in [0.717, 1.165) is 12.0 Å². The number of hydrogen-bond acceptors (Lipinski definition) is 3. The minimum absolute atomic E-state index is 0.0406. The fraction of sp³-hybridized carbons (Fsp3) is 0.333. The molecule has 3 heteroatoms. The molecule has 0 spiro atoms. The van der Waals surface area contributed by atoms with Crippen LogP contribution in [-0.4, -0.2) is 29.8 Å². The Morgan fingerprint density at radius 2 is 2.27 bits per heavy atom. The van der Waals surface area contributed by atoms with E-state index in [1.807, 2.05) is 38.1 Å². The van der Waals surface area contributed by atoms with Crippen molar-refractivity contribution < 1.29 is 4.79 Å². The van der Waals surface area contributed by atoms with Gasteiger partial charge in [0.25, 0.3) is 0 Å². The van der Waals surface area contributed by atoms with Crippen LogP contribution in [0.3, 0.4) is 0 Å². The summed E-state index contributed by atoms with van der Waals surface area (Å²) in [5, 5.41) is 0. The summed E-state index contributed by atoms with van der Waals surface area (Å²) in [4.78, 5) is 17.7. The summed E-state index contributed by atoms with van der Waals surface area (Å²) >= 11 is 0. The molecule has 0 aromatic carbocycles. The third kappa shape index (κ3) is 3.20. The third-order valence-electron chi connectivity index (χ3n) is 2.03. The highest BCUT2D eigenvalue weighted by molar-refractivity contribution is 6.03. The van der Waals surface area contributed by atoms with Crippen LogP contribution in [0.5, 0.6) is 0 Å². The summed E-state index contributed by atoms with van der Waals surface area (Å²) in [5.74, 6) is -0.0406. The molecular formula is C12H16N2O. The van der Waals surface area contributed by atoms with E-state index in [0.29, 0.717) is 5.69 Å². The zero-order valence-electron chi connectivity index (χ0n) is 9.40. The van der Waals surface area contributed by atoms with Crippen LogP contribution in [0.4, 0.5) is 0 Å². The number of aryl methyl sites for hydroxylation is 1. The molecule has 3 nitrogen and oxygen atoms in total. The summed E-state index contributed by atoms with van der Waals surface area (Å²) in [7, 11) is 3.76. The van der Waals surface area contributed by atoms with Gasteiger partial charge in [0.1, 0.15) is 5.69 Å². The van der Waals surface area contributed by atoms with Crippen molar-refractivity contribution >= 4 is 5.78 Å². The Morgan fingerprint density at radius 3 is 2.87 bits per heavy atom. The Labute approximate surface area is 90.4 Å². The summed E-state index contributed by atoms with van der Waals surface area (Å²) in [5.41, 5.74) is 1.55. The Kier molecular flexibility index (Phi) is 4.03. The average Bonchev–Trinajstić information content (AvgIpc) is 2.25. The zero-order chi connectivity index (χ0) is 11.3. The van der Waals surface area contributed by atoms with Crippen LogP contribution >= 0.6 is 0 Å². The maximum Gasteiger partial charge on any atom is 0.205 e. The van der Waals surface area contributed by atoms with Crippen LogP contribution in [0.15, 0.2) is 30.6 Å². The van der Waals surface area contributed by atoms with E-state index < -0.39 is 0 Å². The molecule has 1 rings (SSSR count). The first-order valence-corrected chi connectivity index (χ1v) is 4.98.